The maximum atomic E-state index is 7.14. The molecule has 0 aliphatic carbocycles. The van der Waals surface area contributed by atoms with Gasteiger partial charge in [0.25, 0.3) is 5.89 Å². The van der Waals surface area contributed by atoms with Crippen LogP contribution >= 0.6 is 0 Å². The van der Waals surface area contributed by atoms with Crippen molar-refractivity contribution >= 4 is 16.7 Å². The number of benzene rings is 3. The van der Waals surface area contributed by atoms with Crippen molar-refractivity contribution in [1.82, 2.24) is 14.5 Å². The third-order valence-electron chi connectivity index (χ3n) is 4.74. The van der Waals surface area contributed by atoms with E-state index in [1.54, 1.807) is 6.20 Å². The Kier molecular flexibility index (Phi) is 4.47. The maximum Gasteiger partial charge on any atom is 0.263 e. The molecular weight excluding hydrogens is 376 g/mol. The topological polar surface area (TPSA) is 57.4 Å². The number of rotatable bonds is 5. The molecule has 0 unspecified atom stereocenters. The average molecular weight is 392 g/mol. The number of ether oxygens (including phenoxy) is 1. The number of imidazole rings is 1. The lowest BCUT2D eigenvalue weighted by molar-refractivity contribution is 0.487. The Bertz CT molecular complexity index is 1330. The van der Waals surface area contributed by atoms with Gasteiger partial charge in [-0.1, -0.05) is 48.5 Å². The second-order valence-electron chi connectivity index (χ2n) is 6.68. The quantitative estimate of drug-likeness (QED) is 0.340. The highest BCUT2D eigenvalue weighted by Gasteiger charge is 2.19. The molecule has 2 heterocycles. The first-order valence-corrected chi connectivity index (χ1v) is 9.40. The van der Waals surface area contributed by atoms with Crippen LogP contribution in [0.2, 0.25) is 0 Å². The molecule has 0 radical (unpaired) electrons. The van der Waals surface area contributed by atoms with Gasteiger partial charge >= 0.3 is 0 Å². The predicted octanol–water partition coefficient (Wildman–Crippen LogP) is 6.08. The van der Waals surface area contributed by atoms with Gasteiger partial charge in [-0.2, -0.15) is 0 Å². The molecule has 0 bridgehead atoms. The lowest BCUT2D eigenvalue weighted by atomic mass is 10.2. The normalized spacial score (nSPS) is 10.8. The summed E-state index contributed by atoms with van der Waals surface area (Å²) >= 11 is 0. The Hall–Kier alpha value is -4.37. The summed E-state index contributed by atoms with van der Waals surface area (Å²) in [6.07, 6.45) is 3.13. The van der Waals surface area contributed by atoms with Gasteiger partial charge in [-0.3, -0.25) is 0 Å². The van der Waals surface area contributed by atoms with Crippen LogP contribution in [0.5, 0.6) is 11.5 Å². The molecule has 3 aromatic carbocycles. The Labute approximate surface area is 172 Å². The van der Waals surface area contributed by atoms with Crippen molar-refractivity contribution in [2.45, 2.75) is 6.54 Å². The van der Waals surface area contributed by atoms with E-state index in [9.17, 15) is 0 Å². The van der Waals surface area contributed by atoms with Gasteiger partial charge < -0.3 is 13.7 Å². The van der Waals surface area contributed by atoms with Crippen LogP contribution in [0.3, 0.4) is 0 Å². The van der Waals surface area contributed by atoms with Crippen molar-refractivity contribution in [1.29, 1.82) is 0 Å². The van der Waals surface area contributed by atoms with Crippen LogP contribution < -0.4 is 4.74 Å². The number of hydrogen-bond donors (Lipinski definition) is 0. The summed E-state index contributed by atoms with van der Waals surface area (Å²) in [5.41, 5.74) is 3.29. The first kappa shape index (κ1) is 17.7. The fourth-order valence-electron chi connectivity index (χ4n) is 3.33. The van der Waals surface area contributed by atoms with Crippen molar-refractivity contribution in [3.05, 3.63) is 102 Å². The molecule has 144 valence electrons. The molecule has 0 amide bonds. The zero-order valence-corrected chi connectivity index (χ0v) is 15.9. The molecule has 2 aromatic heterocycles. The van der Waals surface area contributed by atoms with Gasteiger partial charge in [0.2, 0.25) is 0 Å². The lowest BCUT2D eigenvalue weighted by Gasteiger charge is -2.09. The number of aromatic nitrogens is 3. The van der Waals surface area contributed by atoms with Crippen LogP contribution in [0, 0.1) is 6.57 Å². The molecule has 30 heavy (non-hydrogen) atoms. The Morgan fingerprint density at radius 1 is 0.967 bits per heavy atom. The molecule has 6 nitrogen and oxygen atoms in total. The largest absolute Gasteiger partial charge is 0.455 e. The Morgan fingerprint density at radius 3 is 2.53 bits per heavy atom. The Morgan fingerprint density at radius 2 is 1.80 bits per heavy atom. The minimum atomic E-state index is 0.439. The molecule has 0 aliphatic heterocycles. The monoisotopic (exact) mass is 392 g/mol. The number of para-hydroxylation sites is 2. The Balaban J connectivity index is 1.63. The van der Waals surface area contributed by atoms with Crippen molar-refractivity contribution < 1.29 is 9.15 Å². The maximum absolute atomic E-state index is 7.14. The molecule has 0 atom stereocenters. The van der Waals surface area contributed by atoms with Gasteiger partial charge in [-0.05, 0) is 29.8 Å². The van der Waals surface area contributed by atoms with Crippen molar-refractivity contribution in [3.63, 3.8) is 0 Å². The highest BCUT2D eigenvalue weighted by atomic mass is 16.5. The molecule has 0 spiro atoms. The molecule has 6 heteroatoms. The van der Waals surface area contributed by atoms with E-state index in [1.165, 1.54) is 6.26 Å². The van der Waals surface area contributed by atoms with Gasteiger partial charge in [0, 0.05) is 6.54 Å². The first-order valence-electron chi connectivity index (χ1n) is 9.40. The summed E-state index contributed by atoms with van der Waals surface area (Å²) in [5, 5.41) is 0. The van der Waals surface area contributed by atoms with Crippen LogP contribution in [0.1, 0.15) is 5.56 Å². The summed E-state index contributed by atoms with van der Waals surface area (Å²) in [6, 6.07) is 23.0. The van der Waals surface area contributed by atoms with Crippen LogP contribution in [0.4, 0.5) is 5.69 Å². The molecule has 5 rings (SSSR count). The second kappa shape index (κ2) is 7.57. The van der Waals surface area contributed by atoms with Gasteiger partial charge in [0.05, 0.1) is 18.3 Å². The highest BCUT2D eigenvalue weighted by molar-refractivity contribution is 5.85. The fourth-order valence-corrected chi connectivity index (χ4v) is 3.33. The molecule has 0 N–H and O–H groups in total. The van der Waals surface area contributed by atoms with Crippen molar-refractivity contribution in [2.24, 2.45) is 0 Å². The average Bonchev–Trinajstić information content (AvgIpc) is 3.44. The minimum Gasteiger partial charge on any atom is -0.455 e. The van der Waals surface area contributed by atoms with E-state index in [0.717, 1.165) is 22.3 Å². The molecule has 0 fully saturated rings. The molecular formula is C24H16N4O2. The van der Waals surface area contributed by atoms with E-state index < -0.39 is 0 Å². The molecule has 0 saturated heterocycles. The summed E-state index contributed by atoms with van der Waals surface area (Å²) < 4.78 is 13.7. The van der Waals surface area contributed by atoms with Crippen LogP contribution in [-0.2, 0) is 6.54 Å². The number of oxazole rings is 1. The second-order valence-corrected chi connectivity index (χ2v) is 6.68. The standard InChI is InChI=1S/C24H16N4O2/c1-25-18-12-10-17(11-13-18)16-28-20-8-5-9-21(30-19-6-3-2-4-7-19)22(20)27-23(28)24-26-14-15-29-24/h2-15H,16H2. The summed E-state index contributed by atoms with van der Waals surface area (Å²) in [4.78, 5) is 12.6. The zero-order valence-electron chi connectivity index (χ0n) is 15.9. The van der Waals surface area contributed by atoms with E-state index in [2.05, 4.69) is 9.83 Å². The summed E-state index contributed by atoms with van der Waals surface area (Å²) in [5.74, 6) is 2.46. The predicted molar refractivity (Wildman–Crippen MR) is 114 cm³/mol. The SMILES string of the molecule is [C-]#[N+]c1ccc(Cn2c(-c3ncco3)nc3c(Oc4ccccc4)cccc32)cc1. The molecule has 5 aromatic rings. The molecule has 0 aliphatic rings. The van der Waals surface area contributed by atoms with Crippen LogP contribution in [0.25, 0.3) is 27.6 Å². The van der Waals surface area contributed by atoms with E-state index in [4.69, 9.17) is 20.7 Å². The van der Waals surface area contributed by atoms with Crippen molar-refractivity contribution in [2.75, 3.05) is 0 Å². The zero-order chi connectivity index (χ0) is 20.3. The summed E-state index contributed by atoms with van der Waals surface area (Å²) in [6.45, 7) is 7.69. The highest BCUT2D eigenvalue weighted by Crippen LogP contribution is 2.33. The van der Waals surface area contributed by atoms with Gasteiger partial charge in [0.1, 0.15) is 17.5 Å². The van der Waals surface area contributed by atoms with Crippen LogP contribution in [0.15, 0.2) is 89.7 Å². The van der Waals surface area contributed by atoms with Crippen molar-refractivity contribution in [3.8, 4) is 23.2 Å². The number of nitrogens with zero attached hydrogens (tertiary/aromatic N) is 4. The lowest BCUT2D eigenvalue weighted by Crippen LogP contribution is -2.02. The van der Waals surface area contributed by atoms with Crippen LogP contribution in [-0.4, -0.2) is 14.5 Å². The smallest absolute Gasteiger partial charge is 0.263 e. The third-order valence-corrected chi connectivity index (χ3v) is 4.74. The fraction of sp³-hybridized carbons (Fsp3) is 0.0417. The first-order chi connectivity index (χ1) is 14.8. The van der Waals surface area contributed by atoms with Gasteiger partial charge in [-0.15, -0.1) is 0 Å². The number of fused-ring (bicyclic) bond motifs is 1. The van der Waals surface area contributed by atoms with Gasteiger partial charge in [-0.25, -0.2) is 14.8 Å². The molecule has 0 saturated carbocycles. The van der Waals surface area contributed by atoms with E-state index >= 15 is 0 Å². The van der Waals surface area contributed by atoms with E-state index in [0.29, 0.717) is 29.7 Å². The third kappa shape index (κ3) is 3.29. The minimum absolute atomic E-state index is 0.439. The summed E-state index contributed by atoms with van der Waals surface area (Å²) in [7, 11) is 0. The van der Waals surface area contributed by atoms with E-state index in [-0.39, 0.29) is 0 Å². The van der Waals surface area contributed by atoms with Gasteiger partial charge in [0.15, 0.2) is 17.3 Å². The number of hydrogen-bond acceptors (Lipinski definition) is 4. The van der Waals surface area contributed by atoms with E-state index in [1.807, 2.05) is 77.4 Å².